The molecule has 1 aliphatic rings. The second kappa shape index (κ2) is 5.63. The molecule has 18 heavy (non-hydrogen) atoms. The van der Waals surface area contributed by atoms with Crippen molar-refractivity contribution < 1.29 is 14.3 Å². The molecule has 1 aliphatic carbocycles. The fourth-order valence-corrected chi connectivity index (χ4v) is 2.88. The van der Waals surface area contributed by atoms with Gasteiger partial charge in [0.2, 0.25) is 11.6 Å². The molecule has 1 aromatic carbocycles. The lowest BCUT2D eigenvalue weighted by molar-refractivity contribution is -0.200. The molecule has 1 fully saturated rings. The largest absolute Gasteiger partial charge is 0.346 e. The van der Waals surface area contributed by atoms with Crippen molar-refractivity contribution in [1.82, 2.24) is 0 Å². The van der Waals surface area contributed by atoms with E-state index in [9.17, 15) is 4.79 Å². The molecule has 2 rings (SSSR count). The molecule has 0 heterocycles. The van der Waals surface area contributed by atoms with Crippen LogP contribution >= 0.6 is 0 Å². The number of ketones is 1. The normalized spacial score (nSPS) is 17.0. The van der Waals surface area contributed by atoms with Crippen molar-refractivity contribution in [2.75, 3.05) is 14.2 Å². The van der Waals surface area contributed by atoms with E-state index in [1.165, 1.54) is 0 Å². The lowest BCUT2D eigenvalue weighted by atomic mass is 9.89. The maximum absolute atomic E-state index is 12.7. The molecule has 0 radical (unpaired) electrons. The van der Waals surface area contributed by atoms with E-state index in [1.54, 1.807) is 14.2 Å². The highest BCUT2D eigenvalue weighted by molar-refractivity contribution is 6.01. The third-order valence-electron chi connectivity index (χ3n) is 3.85. The Morgan fingerprint density at radius 3 is 2.17 bits per heavy atom. The Morgan fingerprint density at radius 2 is 1.67 bits per heavy atom. The first kappa shape index (κ1) is 13.2. The Labute approximate surface area is 108 Å². The summed E-state index contributed by atoms with van der Waals surface area (Å²) in [6.07, 6.45) is 4.25. The van der Waals surface area contributed by atoms with Gasteiger partial charge in [0, 0.05) is 25.7 Å². The fraction of sp³-hybridized carbons (Fsp3) is 0.533. The number of hydrogen-bond acceptors (Lipinski definition) is 3. The van der Waals surface area contributed by atoms with Gasteiger partial charge in [-0.05, 0) is 12.8 Å². The molecule has 0 unspecified atom stereocenters. The maximum Gasteiger partial charge on any atom is 0.236 e. The molecule has 0 amide bonds. The Hall–Kier alpha value is -1.19. The zero-order valence-electron chi connectivity index (χ0n) is 11.0. The highest BCUT2D eigenvalue weighted by Crippen LogP contribution is 2.38. The van der Waals surface area contributed by atoms with Gasteiger partial charge in [-0.3, -0.25) is 4.79 Å². The first-order chi connectivity index (χ1) is 8.74. The number of carbonyl (C=O) groups excluding carboxylic acids is 1. The van der Waals surface area contributed by atoms with Crippen LogP contribution in [-0.2, 0) is 9.47 Å². The monoisotopic (exact) mass is 248 g/mol. The molecule has 1 saturated carbocycles. The summed E-state index contributed by atoms with van der Waals surface area (Å²) in [6, 6.07) is 9.23. The summed E-state index contributed by atoms with van der Waals surface area (Å²) in [5.41, 5.74) is 0.646. The lowest BCUT2D eigenvalue weighted by Crippen LogP contribution is -2.48. The minimum atomic E-state index is -1.11. The Bertz CT molecular complexity index is 389. The summed E-state index contributed by atoms with van der Waals surface area (Å²) in [6.45, 7) is 0. The lowest BCUT2D eigenvalue weighted by Gasteiger charge is -2.34. The highest BCUT2D eigenvalue weighted by Gasteiger charge is 2.47. The van der Waals surface area contributed by atoms with Gasteiger partial charge in [0.25, 0.3) is 0 Å². The average molecular weight is 248 g/mol. The van der Waals surface area contributed by atoms with Gasteiger partial charge >= 0.3 is 0 Å². The standard InChI is InChI=1S/C15H20O3/c1-17-15(18-2,13-10-6-7-11-13)14(16)12-8-4-3-5-9-12/h3-5,8-9,13H,6-7,10-11H2,1-2H3. The van der Waals surface area contributed by atoms with Crippen LogP contribution in [-0.4, -0.2) is 25.8 Å². The van der Waals surface area contributed by atoms with Crippen molar-refractivity contribution in [2.45, 2.75) is 31.5 Å². The molecule has 0 aliphatic heterocycles. The van der Waals surface area contributed by atoms with E-state index in [-0.39, 0.29) is 11.7 Å². The minimum absolute atomic E-state index is 0.0694. The predicted molar refractivity (Wildman–Crippen MR) is 69.5 cm³/mol. The number of rotatable bonds is 5. The average Bonchev–Trinajstić information content (AvgIpc) is 2.96. The smallest absolute Gasteiger partial charge is 0.236 e. The summed E-state index contributed by atoms with van der Waals surface area (Å²) in [5.74, 6) is -1.03. The molecule has 1 aromatic rings. The summed E-state index contributed by atoms with van der Waals surface area (Å²) < 4.78 is 11.0. The molecule has 0 aromatic heterocycles. The first-order valence-electron chi connectivity index (χ1n) is 6.44. The van der Waals surface area contributed by atoms with Crippen molar-refractivity contribution in [3.63, 3.8) is 0 Å². The number of ether oxygens (including phenoxy) is 2. The second-order valence-electron chi connectivity index (χ2n) is 4.75. The van der Waals surface area contributed by atoms with Gasteiger partial charge in [-0.25, -0.2) is 0 Å². The molecule has 0 atom stereocenters. The van der Waals surface area contributed by atoms with Crippen LogP contribution in [0.2, 0.25) is 0 Å². The van der Waals surface area contributed by atoms with Gasteiger partial charge in [-0.1, -0.05) is 43.2 Å². The van der Waals surface area contributed by atoms with Crippen molar-refractivity contribution in [3.8, 4) is 0 Å². The quantitative estimate of drug-likeness (QED) is 0.593. The number of benzene rings is 1. The van der Waals surface area contributed by atoms with Crippen LogP contribution in [0.25, 0.3) is 0 Å². The van der Waals surface area contributed by atoms with E-state index in [0.29, 0.717) is 5.56 Å². The third-order valence-corrected chi connectivity index (χ3v) is 3.85. The second-order valence-corrected chi connectivity index (χ2v) is 4.75. The summed E-state index contributed by atoms with van der Waals surface area (Å²) in [7, 11) is 3.12. The zero-order valence-corrected chi connectivity index (χ0v) is 11.0. The molecule has 0 bridgehead atoms. The SMILES string of the molecule is COC(OC)(C(=O)c1ccccc1)C1CCCC1. The van der Waals surface area contributed by atoms with Crippen LogP contribution < -0.4 is 0 Å². The van der Waals surface area contributed by atoms with Gasteiger partial charge in [0.05, 0.1) is 0 Å². The van der Waals surface area contributed by atoms with Crippen molar-refractivity contribution >= 4 is 5.78 Å². The molecular formula is C15H20O3. The van der Waals surface area contributed by atoms with Crippen LogP contribution in [0.1, 0.15) is 36.0 Å². The van der Waals surface area contributed by atoms with E-state index in [2.05, 4.69) is 0 Å². The Balaban J connectivity index is 2.32. The van der Waals surface area contributed by atoms with Gasteiger partial charge in [-0.2, -0.15) is 0 Å². The van der Waals surface area contributed by atoms with E-state index in [4.69, 9.17) is 9.47 Å². The van der Waals surface area contributed by atoms with E-state index in [0.717, 1.165) is 25.7 Å². The molecule has 0 N–H and O–H groups in total. The van der Waals surface area contributed by atoms with Gasteiger partial charge < -0.3 is 9.47 Å². The van der Waals surface area contributed by atoms with E-state index in [1.807, 2.05) is 30.3 Å². The topological polar surface area (TPSA) is 35.5 Å². The number of Topliss-reactive ketones (excluding diaryl/α,β-unsaturated/α-hetero) is 1. The number of methoxy groups -OCH3 is 2. The molecule has 3 heteroatoms. The van der Waals surface area contributed by atoms with Crippen molar-refractivity contribution in [3.05, 3.63) is 35.9 Å². The number of carbonyl (C=O) groups is 1. The van der Waals surface area contributed by atoms with Gasteiger partial charge in [0.1, 0.15) is 0 Å². The van der Waals surface area contributed by atoms with Crippen LogP contribution in [0.5, 0.6) is 0 Å². The summed E-state index contributed by atoms with van der Waals surface area (Å²) >= 11 is 0. The Morgan fingerprint density at radius 1 is 1.11 bits per heavy atom. The first-order valence-corrected chi connectivity index (χ1v) is 6.44. The van der Waals surface area contributed by atoms with Crippen LogP contribution in [0.4, 0.5) is 0 Å². The molecule has 3 nitrogen and oxygen atoms in total. The highest BCUT2D eigenvalue weighted by atomic mass is 16.7. The molecule has 98 valence electrons. The third kappa shape index (κ3) is 2.20. The summed E-state index contributed by atoms with van der Waals surface area (Å²) in [5, 5.41) is 0. The maximum atomic E-state index is 12.7. The predicted octanol–water partition coefficient (Wildman–Crippen LogP) is 3.05. The van der Waals surface area contributed by atoms with Crippen molar-refractivity contribution in [2.24, 2.45) is 5.92 Å². The van der Waals surface area contributed by atoms with E-state index < -0.39 is 5.79 Å². The van der Waals surface area contributed by atoms with Crippen LogP contribution in [0.15, 0.2) is 30.3 Å². The van der Waals surface area contributed by atoms with Gasteiger partial charge in [-0.15, -0.1) is 0 Å². The van der Waals surface area contributed by atoms with E-state index >= 15 is 0 Å². The zero-order chi connectivity index (χ0) is 13.0. The van der Waals surface area contributed by atoms with Crippen LogP contribution in [0, 0.1) is 5.92 Å². The molecular weight excluding hydrogens is 228 g/mol. The number of hydrogen-bond donors (Lipinski definition) is 0. The molecule has 0 saturated heterocycles. The molecule has 0 spiro atoms. The fourth-order valence-electron chi connectivity index (χ4n) is 2.88. The summed E-state index contributed by atoms with van der Waals surface area (Å²) in [4.78, 5) is 12.7. The van der Waals surface area contributed by atoms with Crippen molar-refractivity contribution in [1.29, 1.82) is 0 Å². The van der Waals surface area contributed by atoms with Gasteiger partial charge in [0.15, 0.2) is 0 Å². The Kier molecular flexibility index (Phi) is 4.15. The van der Waals surface area contributed by atoms with Crippen LogP contribution in [0.3, 0.4) is 0 Å². The minimum Gasteiger partial charge on any atom is -0.346 e.